The Labute approximate surface area is 166 Å². The zero-order valence-corrected chi connectivity index (χ0v) is 16.6. The Bertz CT molecular complexity index is 1130. The normalized spacial score (nSPS) is 11.3. The van der Waals surface area contributed by atoms with Crippen molar-refractivity contribution >= 4 is 33.3 Å². The van der Waals surface area contributed by atoms with Crippen LogP contribution in [-0.4, -0.2) is 27.3 Å². The minimum Gasteiger partial charge on any atom is -0.490 e. The summed E-state index contributed by atoms with van der Waals surface area (Å²) >= 11 is 1.34. The molecule has 0 aliphatic rings. The quantitative estimate of drug-likeness (QED) is 0.497. The number of amides is 1. The number of hydrogen-bond acceptors (Lipinski definition) is 6. The Morgan fingerprint density at radius 2 is 2.21 bits per heavy atom. The van der Waals surface area contributed by atoms with Crippen molar-refractivity contribution in [3.05, 3.63) is 47.6 Å². The van der Waals surface area contributed by atoms with Crippen LogP contribution in [0.2, 0.25) is 0 Å². The molecule has 0 saturated carbocycles. The van der Waals surface area contributed by atoms with Gasteiger partial charge in [0.2, 0.25) is 0 Å². The summed E-state index contributed by atoms with van der Waals surface area (Å²) in [5.74, 6) is 1.04. The van der Waals surface area contributed by atoms with E-state index in [1.165, 1.54) is 11.3 Å². The standard InChI is InChI=1S/C20H20N4O3S/c1-4-26-16-7-5-6-13-10-17(27-18(13)16)15-11-28-20(21-15)22-19(25)14-8-9-24(23-14)12(2)3/h5-12H,4H2,1-3H3,(H,21,22,25). The minimum absolute atomic E-state index is 0.197. The van der Waals surface area contributed by atoms with Crippen LogP contribution in [0.3, 0.4) is 0 Å². The number of carbonyl (C=O) groups excluding carboxylic acids is 1. The summed E-state index contributed by atoms with van der Waals surface area (Å²) in [7, 11) is 0. The molecule has 3 heterocycles. The van der Waals surface area contributed by atoms with E-state index in [0.717, 1.165) is 5.39 Å². The van der Waals surface area contributed by atoms with E-state index in [9.17, 15) is 4.79 Å². The topological polar surface area (TPSA) is 82.2 Å². The second kappa shape index (κ2) is 7.47. The lowest BCUT2D eigenvalue weighted by Crippen LogP contribution is -2.13. The molecule has 0 bridgehead atoms. The number of hydrogen-bond donors (Lipinski definition) is 1. The summed E-state index contributed by atoms with van der Waals surface area (Å²) in [6.45, 7) is 6.51. The Morgan fingerprint density at radius 3 is 2.96 bits per heavy atom. The van der Waals surface area contributed by atoms with Crippen molar-refractivity contribution in [3.63, 3.8) is 0 Å². The number of aromatic nitrogens is 3. The van der Waals surface area contributed by atoms with Gasteiger partial charge in [-0.05, 0) is 39.0 Å². The van der Waals surface area contributed by atoms with Gasteiger partial charge in [-0.3, -0.25) is 14.8 Å². The van der Waals surface area contributed by atoms with Crippen LogP contribution in [0.1, 0.15) is 37.3 Å². The third-order valence-electron chi connectivity index (χ3n) is 4.15. The van der Waals surface area contributed by atoms with Gasteiger partial charge in [-0.25, -0.2) is 4.98 Å². The van der Waals surface area contributed by atoms with Gasteiger partial charge in [0.1, 0.15) is 5.69 Å². The molecular weight excluding hydrogens is 376 g/mol. The molecule has 0 unspecified atom stereocenters. The molecule has 4 rings (SSSR count). The molecule has 7 nitrogen and oxygen atoms in total. The van der Waals surface area contributed by atoms with Crippen molar-refractivity contribution in [2.24, 2.45) is 0 Å². The number of nitrogens with one attached hydrogen (secondary N) is 1. The molecule has 0 radical (unpaired) electrons. The number of anilines is 1. The van der Waals surface area contributed by atoms with E-state index in [-0.39, 0.29) is 11.9 Å². The summed E-state index contributed by atoms with van der Waals surface area (Å²) in [5, 5.41) is 10.3. The Morgan fingerprint density at radius 1 is 1.36 bits per heavy atom. The zero-order valence-electron chi connectivity index (χ0n) is 15.8. The number of furan rings is 1. The van der Waals surface area contributed by atoms with Crippen molar-refractivity contribution in [2.75, 3.05) is 11.9 Å². The molecule has 28 heavy (non-hydrogen) atoms. The molecule has 0 fully saturated rings. The highest BCUT2D eigenvalue weighted by Gasteiger charge is 2.16. The van der Waals surface area contributed by atoms with E-state index in [1.807, 2.05) is 50.4 Å². The molecule has 0 atom stereocenters. The average molecular weight is 396 g/mol. The summed E-state index contributed by atoms with van der Waals surface area (Å²) < 4.78 is 13.3. The van der Waals surface area contributed by atoms with Gasteiger partial charge in [0, 0.05) is 23.0 Å². The molecule has 8 heteroatoms. The first-order valence-corrected chi connectivity index (χ1v) is 9.91. The first-order chi connectivity index (χ1) is 13.5. The van der Waals surface area contributed by atoms with Crippen LogP contribution < -0.4 is 10.1 Å². The Hall–Kier alpha value is -3.13. The van der Waals surface area contributed by atoms with Gasteiger partial charge in [-0.15, -0.1) is 11.3 Å². The maximum absolute atomic E-state index is 12.4. The smallest absolute Gasteiger partial charge is 0.277 e. The number of carbonyl (C=O) groups is 1. The van der Waals surface area contributed by atoms with Crippen LogP contribution in [-0.2, 0) is 0 Å². The van der Waals surface area contributed by atoms with Crippen LogP contribution in [0, 0.1) is 0 Å². The molecule has 0 aliphatic carbocycles. The number of benzene rings is 1. The lowest BCUT2D eigenvalue weighted by molar-refractivity contribution is 0.102. The van der Waals surface area contributed by atoms with Crippen molar-refractivity contribution in [1.82, 2.24) is 14.8 Å². The summed E-state index contributed by atoms with van der Waals surface area (Å²) in [5.41, 5.74) is 1.71. The average Bonchev–Trinajstić information content (AvgIpc) is 3.41. The fourth-order valence-electron chi connectivity index (χ4n) is 2.78. The first-order valence-electron chi connectivity index (χ1n) is 9.03. The summed E-state index contributed by atoms with van der Waals surface area (Å²) in [6, 6.07) is 9.58. The van der Waals surface area contributed by atoms with Gasteiger partial charge in [0.15, 0.2) is 27.9 Å². The van der Waals surface area contributed by atoms with Crippen molar-refractivity contribution in [2.45, 2.75) is 26.8 Å². The number of thiazole rings is 1. The molecule has 1 N–H and O–H groups in total. The number of ether oxygens (including phenoxy) is 1. The van der Waals surface area contributed by atoms with E-state index in [4.69, 9.17) is 9.15 Å². The Kier molecular flexibility index (Phi) is 4.87. The molecule has 4 aromatic rings. The van der Waals surface area contributed by atoms with Crippen LogP contribution in [0.5, 0.6) is 5.75 Å². The van der Waals surface area contributed by atoms with Gasteiger partial charge in [-0.1, -0.05) is 12.1 Å². The van der Waals surface area contributed by atoms with Gasteiger partial charge in [0.25, 0.3) is 5.91 Å². The molecule has 0 spiro atoms. The monoisotopic (exact) mass is 396 g/mol. The van der Waals surface area contributed by atoms with Crippen LogP contribution in [0.15, 0.2) is 46.3 Å². The van der Waals surface area contributed by atoms with Crippen LogP contribution in [0.4, 0.5) is 5.13 Å². The number of nitrogens with zero attached hydrogens (tertiary/aromatic N) is 3. The predicted octanol–water partition coefficient (Wildman–Crippen LogP) is 4.98. The molecule has 0 saturated heterocycles. The second-order valence-corrected chi connectivity index (χ2v) is 7.34. The SMILES string of the molecule is CCOc1cccc2cc(-c3csc(NC(=O)c4ccn(C(C)C)n4)n3)oc12. The molecule has 3 aromatic heterocycles. The van der Waals surface area contributed by atoms with E-state index >= 15 is 0 Å². The van der Waals surface area contributed by atoms with Gasteiger partial charge >= 0.3 is 0 Å². The van der Waals surface area contributed by atoms with Gasteiger partial charge in [0.05, 0.1) is 6.61 Å². The highest BCUT2D eigenvalue weighted by atomic mass is 32.1. The first kappa shape index (κ1) is 18.2. The molecular formula is C20H20N4O3S. The highest BCUT2D eigenvalue weighted by molar-refractivity contribution is 7.14. The summed E-state index contributed by atoms with van der Waals surface area (Å²) in [6.07, 6.45) is 1.79. The third-order valence-corrected chi connectivity index (χ3v) is 4.91. The second-order valence-electron chi connectivity index (χ2n) is 6.48. The molecule has 1 amide bonds. The minimum atomic E-state index is -0.288. The lowest BCUT2D eigenvalue weighted by Gasteiger charge is -2.03. The van der Waals surface area contributed by atoms with E-state index in [0.29, 0.717) is 40.2 Å². The fourth-order valence-corrected chi connectivity index (χ4v) is 3.48. The number of para-hydroxylation sites is 1. The van der Waals surface area contributed by atoms with Crippen molar-refractivity contribution < 1.29 is 13.9 Å². The highest BCUT2D eigenvalue weighted by Crippen LogP contribution is 2.34. The van der Waals surface area contributed by atoms with Crippen molar-refractivity contribution in [3.8, 4) is 17.2 Å². The van der Waals surface area contributed by atoms with Crippen LogP contribution >= 0.6 is 11.3 Å². The number of fused-ring (bicyclic) bond motifs is 1. The molecule has 144 valence electrons. The maximum atomic E-state index is 12.4. The Balaban J connectivity index is 1.55. The third kappa shape index (κ3) is 3.50. The van der Waals surface area contributed by atoms with Crippen LogP contribution in [0.25, 0.3) is 22.4 Å². The predicted molar refractivity (Wildman–Crippen MR) is 109 cm³/mol. The molecule has 1 aromatic carbocycles. The zero-order chi connectivity index (χ0) is 19.7. The van der Waals surface area contributed by atoms with E-state index < -0.39 is 0 Å². The fraction of sp³-hybridized carbons (Fsp3) is 0.250. The van der Waals surface area contributed by atoms with Crippen molar-refractivity contribution in [1.29, 1.82) is 0 Å². The number of rotatable bonds is 6. The van der Waals surface area contributed by atoms with Gasteiger partial charge < -0.3 is 9.15 Å². The lowest BCUT2D eigenvalue weighted by atomic mass is 10.2. The van der Waals surface area contributed by atoms with Gasteiger partial charge in [-0.2, -0.15) is 5.10 Å². The van der Waals surface area contributed by atoms with E-state index in [2.05, 4.69) is 15.4 Å². The summed E-state index contributed by atoms with van der Waals surface area (Å²) in [4.78, 5) is 16.9. The largest absolute Gasteiger partial charge is 0.490 e. The van der Waals surface area contributed by atoms with E-state index in [1.54, 1.807) is 16.9 Å². The maximum Gasteiger partial charge on any atom is 0.277 e. The molecule has 0 aliphatic heterocycles.